The molecule has 0 spiro atoms. The van der Waals surface area contributed by atoms with E-state index in [1.807, 2.05) is 6.07 Å². The van der Waals surface area contributed by atoms with Crippen LogP contribution >= 0.6 is 0 Å². The molecule has 0 radical (unpaired) electrons. The van der Waals surface area contributed by atoms with Crippen LogP contribution in [0.25, 0.3) is 11.0 Å². The highest BCUT2D eigenvalue weighted by Gasteiger charge is 2.19. The molecule has 3 rings (SSSR count). The Morgan fingerprint density at radius 3 is 2.79 bits per heavy atom. The predicted octanol–water partition coefficient (Wildman–Crippen LogP) is 1.81. The highest BCUT2D eigenvalue weighted by molar-refractivity contribution is 5.74. The summed E-state index contributed by atoms with van der Waals surface area (Å²) in [6.07, 6.45) is 6.19. The molecule has 1 N–H and O–H groups in total. The number of fused-ring (bicyclic) bond motifs is 1. The van der Waals surface area contributed by atoms with Crippen LogP contribution in [-0.2, 0) is 6.54 Å². The van der Waals surface area contributed by atoms with Crippen molar-refractivity contribution in [2.75, 3.05) is 20.1 Å². The third-order valence-electron chi connectivity index (χ3n) is 3.49. The molecule has 4 heteroatoms. The summed E-state index contributed by atoms with van der Waals surface area (Å²) in [5, 5.41) is 3.54. The lowest BCUT2D eigenvalue weighted by atomic mass is 10.2. The largest absolute Gasteiger partial charge is 0.313 e. The summed E-state index contributed by atoms with van der Waals surface area (Å²) in [4.78, 5) is 11.0. The number of aromatic nitrogens is 2. The van der Waals surface area contributed by atoms with E-state index in [0.717, 1.165) is 36.7 Å². The lowest BCUT2D eigenvalue weighted by Crippen LogP contribution is -2.30. The number of hydrogen-bond donors (Lipinski definition) is 1. The SMILES string of the molecule is CN(CCNC1CC1)Cc1ccc2nccnc2c1. The van der Waals surface area contributed by atoms with Crippen LogP contribution in [0.2, 0.25) is 0 Å². The molecule has 1 fully saturated rings. The maximum absolute atomic E-state index is 4.35. The van der Waals surface area contributed by atoms with Crippen molar-refractivity contribution < 1.29 is 0 Å². The van der Waals surface area contributed by atoms with Crippen molar-refractivity contribution in [2.45, 2.75) is 25.4 Å². The van der Waals surface area contributed by atoms with Crippen LogP contribution in [0.4, 0.5) is 0 Å². The van der Waals surface area contributed by atoms with E-state index in [1.54, 1.807) is 12.4 Å². The molecule has 1 heterocycles. The van der Waals surface area contributed by atoms with E-state index < -0.39 is 0 Å². The van der Waals surface area contributed by atoms with Gasteiger partial charge in [-0.15, -0.1) is 0 Å². The Morgan fingerprint density at radius 1 is 1.21 bits per heavy atom. The summed E-state index contributed by atoms with van der Waals surface area (Å²) in [5.41, 5.74) is 3.23. The molecule has 100 valence electrons. The molecule has 0 unspecified atom stereocenters. The summed E-state index contributed by atoms with van der Waals surface area (Å²) in [7, 11) is 2.16. The van der Waals surface area contributed by atoms with Gasteiger partial charge in [-0.3, -0.25) is 9.97 Å². The minimum absolute atomic E-state index is 0.796. The molecule has 0 atom stereocenters. The highest BCUT2D eigenvalue weighted by atomic mass is 15.1. The van der Waals surface area contributed by atoms with Gasteiger partial charge in [-0.05, 0) is 37.6 Å². The molecule has 4 nitrogen and oxygen atoms in total. The Bertz CT molecular complexity index is 551. The smallest absolute Gasteiger partial charge is 0.0890 e. The summed E-state index contributed by atoms with van der Waals surface area (Å²) in [6.45, 7) is 3.11. The molecular weight excluding hydrogens is 236 g/mol. The molecule has 0 bridgehead atoms. The minimum atomic E-state index is 0.796. The second kappa shape index (κ2) is 5.63. The Labute approximate surface area is 113 Å². The fourth-order valence-corrected chi connectivity index (χ4v) is 2.24. The van der Waals surface area contributed by atoms with Crippen molar-refractivity contribution in [3.05, 3.63) is 36.2 Å². The van der Waals surface area contributed by atoms with Gasteiger partial charge in [0.1, 0.15) is 0 Å². The molecule has 19 heavy (non-hydrogen) atoms. The zero-order chi connectivity index (χ0) is 13.1. The van der Waals surface area contributed by atoms with Gasteiger partial charge in [0.25, 0.3) is 0 Å². The third-order valence-corrected chi connectivity index (χ3v) is 3.49. The van der Waals surface area contributed by atoms with E-state index in [0.29, 0.717) is 0 Å². The van der Waals surface area contributed by atoms with Crippen molar-refractivity contribution in [1.82, 2.24) is 20.2 Å². The molecule has 1 aliphatic rings. The molecule has 1 saturated carbocycles. The van der Waals surface area contributed by atoms with Crippen molar-refractivity contribution >= 4 is 11.0 Å². The first-order valence-electron chi connectivity index (χ1n) is 6.93. The fourth-order valence-electron chi connectivity index (χ4n) is 2.24. The van der Waals surface area contributed by atoms with Crippen molar-refractivity contribution in [2.24, 2.45) is 0 Å². The zero-order valence-corrected chi connectivity index (χ0v) is 11.3. The number of nitrogens with one attached hydrogen (secondary N) is 1. The number of likely N-dealkylation sites (N-methyl/N-ethyl adjacent to an activating group) is 1. The first kappa shape index (κ1) is 12.5. The maximum Gasteiger partial charge on any atom is 0.0890 e. The van der Waals surface area contributed by atoms with E-state index in [-0.39, 0.29) is 0 Å². The van der Waals surface area contributed by atoms with Crippen LogP contribution in [0.3, 0.4) is 0 Å². The van der Waals surface area contributed by atoms with Crippen LogP contribution in [0.1, 0.15) is 18.4 Å². The van der Waals surface area contributed by atoms with Crippen LogP contribution < -0.4 is 5.32 Å². The predicted molar refractivity (Wildman–Crippen MR) is 76.9 cm³/mol. The lowest BCUT2D eigenvalue weighted by molar-refractivity contribution is 0.324. The first-order valence-corrected chi connectivity index (χ1v) is 6.93. The summed E-state index contributed by atoms with van der Waals surface area (Å²) >= 11 is 0. The van der Waals surface area contributed by atoms with Gasteiger partial charge in [0.05, 0.1) is 11.0 Å². The Morgan fingerprint density at radius 2 is 2.00 bits per heavy atom. The van der Waals surface area contributed by atoms with E-state index >= 15 is 0 Å². The number of rotatable bonds is 6. The third kappa shape index (κ3) is 3.49. The first-order chi connectivity index (χ1) is 9.31. The van der Waals surface area contributed by atoms with Crippen molar-refractivity contribution in [3.8, 4) is 0 Å². The molecule has 0 aliphatic heterocycles. The summed E-state index contributed by atoms with van der Waals surface area (Å²) < 4.78 is 0. The van der Waals surface area contributed by atoms with Gasteiger partial charge in [-0.25, -0.2) is 0 Å². The fraction of sp³-hybridized carbons (Fsp3) is 0.467. The van der Waals surface area contributed by atoms with E-state index in [9.17, 15) is 0 Å². The normalized spacial score (nSPS) is 15.3. The monoisotopic (exact) mass is 256 g/mol. The van der Waals surface area contributed by atoms with Crippen LogP contribution in [0, 0.1) is 0 Å². The summed E-state index contributed by atoms with van der Waals surface area (Å²) in [5.74, 6) is 0. The summed E-state index contributed by atoms with van der Waals surface area (Å²) in [6, 6.07) is 7.12. The Balaban J connectivity index is 1.57. The molecule has 2 aromatic rings. The van der Waals surface area contributed by atoms with Crippen molar-refractivity contribution in [1.29, 1.82) is 0 Å². The van der Waals surface area contributed by atoms with Gasteiger partial charge < -0.3 is 10.2 Å². The number of nitrogens with zero attached hydrogens (tertiary/aromatic N) is 3. The van der Waals surface area contributed by atoms with E-state index in [1.165, 1.54) is 18.4 Å². The van der Waals surface area contributed by atoms with Gasteiger partial charge in [0.2, 0.25) is 0 Å². The maximum atomic E-state index is 4.35. The molecule has 1 aromatic heterocycles. The van der Waals surface area contributed by atoms with Gasteiger partial charge in [-0.2, -0.15) is 0 Å². The molecule has 1 aliphatic carbocycles. The molecule has 0 amide bonds. The lowest BCUT2D eigenvalue weighted by Gasteiger charge is -2.17. The Hall–Kier alpha value is -1.52. The molecule has 0 saturated heterocycles. The number of hydrogen-bond acceptors (Lipinski definition) is 4. The zero-order valence-electron chi connectivity index (χ0n) is 11.3. The van der Waals surface area contributed by atoms with Crippen LogP contribution in [-0.4, -0.2) is 41.0 Å². The minimum Gasteiger partial charge on any atom is -0.313 e. The Kier molecular flexibility index (Phi) is 3.71. The second-order valence-electron chi connectivity index (χ2n) is 5.35. The highest BCUT2D eigenvalue weighted by Crippen LogP contribution is 2.18. The van der Waals surface area contributed by atoms with Gasteiger partial charge in [0.15, 0.2) is 0 Å². The average Bonchev–Trinajstić information content (AvgIpc) is 3.23. The second-order valence-corrected chi connectivity index (χ2v) is 5.35. The van der Waals surface area contributed by atoms with Gasteiger partial charge in [0, 0.05) is 38.1 Å². The van der Waals surface area contributed by atoms with Crippen LogP contribution in [0.5, 0.6) is 0 Å². The van der Waals surface area contributed by atoms with Gasteiger partial charge >= 0.3 is 0 Å². The standard InChI is InChI=1S/C15H20N4/c1-19(9-8-16-13-3-4-13)11-12-2-5-14-15(10-12)18-7-6-17-14/h2,5-7,10,13,16H,3-4,8-9,11H2,1H3. The quantitative estimate of drug-likeness (QED) is 0.856. The number of benzene rings is 1. The van der Waals surface area contributed by atoms with Crippen molar-refractivity contribution in [3.63, 3.8) is 0 Å². The van der Waals surface area contributed by atoms with Crippen LogP contribution in [0.15, 0.2) is 30.6 Å². The van der Waals surface area contributed by atoms with E-state index in [4.69, 9.17) is 0 Å². The molecule has 1 aromatic carbocycles. The van der Waals surface area contributed by atoms with Gasteiger partial charge in [-0.1, -0.05) is 6.07 Å². The topological polar surface area (TPSA) is 41.0 Å². The molecular formula is C15H20N4. The average molecular weight is 256 g/mol. The van der Waals surface area contributed by atoms with E-state index in [2.05, 4.69) is 39.4 Å².